The van der Waals surface area contributed by atoms with Gasteiger partial charge in [0.1, 0.15) is 18.1 Å². The lowest BCUT2D eigenvalue weighted by molar-refractivity contribution is -0.123. The standard InChI is InChI=1S/C20H24BrNO3/c1-14(2)16-6-9-19(18(21)12-16)25-13-20(23)22-10-11-24-17-7-4-15(3)5-8-17/h4-9,12,14H,10-11,13H2,1-3H3,(H,22,23). The van der Waals surface area contributed by atoms with E-state index >= 15 is 0 Å². The van der Waals surface area contributed by atoms with Gasteiger partial charge >= 0.3 is 0 Å². The molecule has 0 fully saturated rings. The van der Waals surface area contributed by atoms with Crippen LogP contribution in [-0.4, -0.2) is 25.7 Å². The van der Waals surface area contributed by atoms with E-state index in [0.29, 0.717) is 24.8 Å². The number of halogens is 1. The fourth-order valence-corrected chi connectivity index (χ4v) is 2.69. The highest BCUT2D eigenvalue weighted by Gasteiger charge is 2.08. The molecule has 0 saturated heterocycles. The summed E-state index contributed by atoms with van der Waals surface area (Å²) in [6.07, 6.45) is 0. The maximum Gasteiger partial charge on any atom is 0.258 e. The zero-order valence-corrected chi connectivity index (χ0v) is 16.4. The Hall–Kier alpha value is -2.01. The quantitative estimate of drug-likeness (QED) is 0.659. The number of ether oxygens (including phenoxy) is 2. The summed E-state index contributed by atoms with van der Waals surface area (Å²) in [5.74, 6) is 1.73. The smallest absolute Gasteiger partial charge is 0.258 e. The minimum absolute atomic E-state index is 0.0237. The normalized spacial score (nSPS) is 10.6. The number of nitrogens with one attached hydrogen (secondary N) is 1. The van der Waals surface area contributed by atoms with Gasteiger partial charge in [-0.15, -0.1) is 0 Å². The Kier molecular flexibility index (Phi) is 7.31. The first kappa shape index (κ1) is 19.3. The molecule has 0 bridgehead atoms. The van der Waals surface area contributed by atoms with E-state index < -0.39 is 0 Å². The van der Waals surface area contributed by atoms with E-state index in [1.54, 1.807) is 0 Å². The minimum atomic E-state index is -0.174. The van der Waals surface area contributed by atoms with Crippen molar-refractivity contribution >= 4 is 21.8 Å². The number of hydrogen-bond acceptors (Lipinski definition) is 3. The average Bonchev–Trinajstić information content (AvgIpc) is 2.59. The minimum Gasteiger partial charge on any atom is -0.492 e. The van der Waals surface area contributed by atoms with E-state index in [4.69, 9.17) is 9.47 Å². The van der Waals surface area contributed by atoms with Crippen LogP contribution in [0.4, 0.5) is 0 Å². The van der Waals surface area contributed by atoms with Gasteiger partial charge in [0.05, 0.1) is 11.0 Å². The van der Waals surface area contributed by atoms with Crippen molar-refractivity contribution in [3.8, 4) is 11.5 Å². The van der Waals surface area contributed by atoms with E-state index in [-0.39, 0.29) is 12.5 Å². The topological polar surface area (TPSA) is 47.6 Å². The summed E-state index contributed by atoms with van der Waals surface area (Å²) in [6, 6.07) is 13.7. The number of aryl methyl sites for hydroxylation is 1. The van der Waals surface area contributed by atoms with E-state index in [1.165, 1.54) is 11.1 Å². The van der Waals surface area contributed by atoms with Gasteiger partial charge in [-0.1, -0.05) is 37.6 Å². The van der Waals surface area contributed by atoms with Crippen LogP contribution in [0, 0.1) is 6.92 Å². The van der Waals surface area contributed by atoms with E-state index in [1.807, 2.05) is 49.4 Å². The van der Waals surface area contributed by atoms with Gasteiger partial charge in [0.25, 0.3) is 5.91 Å². The van der Waals surface area contributed by atoms with E-state index in [0.717, 1.165) is 10.2 Å². The number of rotatable bonds is 8. The largest absolute Gasteiger partial charge is 0.492 e. The van der Waals surface area contributed by atoms with Crippen molar-refractivity contribution in [2.45, 2.75) is 26.7 Å². The molecule has 0 atom stereocenters. The van der Waals surface area contributed by atoms with Crippen molar-refractivity contribution in [1.82, 2.24) is 5.32 Å². The molecular formula is C20H24BrNO3. The van der Waals surface area contributed by atoms with Crippen molar-refractivity contribution in [2.24, 2.45) is 0 Å². The van der Waals surface area contributed by atoms with Gasteiger partial charge in [0.15, 0.2) is 6.61 Å². The third-order valence-electron chi connectivity index (χ3n) is 3.70. The van der Waals surface area contributed by atoms with Crippen LogP contribution in [-0.2, 0) is 4.79 Å². The van der Waals surface area contributed by atoms with Gasteiger partial charge in [-0.2, -0.15) is 0 Å². The molecular weight excluding hydrogens is 382 g/mol. The molecule has 2 rings (SSSR count). The Morgan fingerprint density at radius 3 is 2.48 bits per heavy atom. The average molecular weight is 406 g/mol. The number of carbonyl (C=O) groups excluding carboxylic acids is 1. The lowest BCUT2D eigenvalue weighted by Crippen LogP contribution is -2.32. The zero-order valence-electron chi connectivity index (χ0n) is 14.8. The monoisotopic (exact) mass is 405 g/mol. The Balaban J connectivity index is 1.69. The highest BCUT2D eigenvalue weighted by molar-refractivity contribution is 9.10. The number of amides is 1. The van der Waals surface area contributed by atoms with Gasteiger partial charge in [-0.05, 0) is 58.6 Å². The van der Waals surface area contributed by atoms with Gasteiger partial charge < -0.3 is 14.8 Å². The molecule has 0 aliphatic heterocycles. The lowest BCUT2D eigenvalue weighted by atomic mass is 10.0. The van der Waals surface area contributed by atoms with Gasteiger partial charge in [0.2, 0.25) is 0 Å². The Morgan fingerprint density at radius 2 is 1.84 bits per heavy atom. The molecule has 2 aromatic carbocycles. The second kappa shape index (κ2) is 9.47. The summed E-state index contributed by atoms with van der Waals surface area (Å²) < 4.78 is 12.0. The van der Waals surface area contributed by atoms with Crippen LogP contribution < -0.4 is 14.8 Å². The highest BCUT2D eigenvalue weighted by atomic mass is 79.9. The third kappa shape index (κ3) is 6.42. The van der Waals surface area contributed by atoms with Gasteiger partial charge in [0, 0.05) is 0 Å². The van der Waals surface area contributed by atoms with Crippen LogP contribution in [0.15, 0.2) is 46.9 Å². The maximum atomic E-state index is 11.9. The van der Waals surface area contributed by atoms with Crippen molar-refractivity contribution in [1.29, 1.82) is 0 Å². The molecule has 5 heteroatoms. The van der Waals surface area contributed by atoms with Crippen molar-refractivity contribution < 1.29 is 14.3 Å². The molecule has 25 heavy (non-hydrogen) atoms. The van der Waals surface area contributed by atoms with Crippen LogP contribution in [0.3, 0.4) is 0 Å². The Bertz CT molecular complexity index is 699. The third-order valence-corrected chi connectivity index (χ3v) is 4.32. The van der Waals surface area contributed by atoms with Crippen LogP contribution in [0.5, 0.6) is 11.5 Å². The Morgan fingerprint density at radius 1 is 1.12 bits per heavy atom. The van der Waals surface area contributed by atoms with Crippen molar-refractivity contribution in [3.63, 3.8) is 0 Å². The van der Waals surface area contributed by atoms with Gasteiger partial charge in [-0.3, -0.25) is 4.79 Å². The number of carbonyl (C=O) groups is 1. The number of benzene rings is 2. The summed E-state index contributed by atoms with van der Waals surface area (Å²) in [4.78, 5) is 11.9. The second-order valence-electron chi connectivity index (χ2n) is 6.14. The molecule has 1 N–H and O–H groups in total. The molecule has 0 unspecified atom stereocenters. The van der Waals surface area contributed by atoms with Crippen LogP contribution >= 0.6 is 15.9 Å². The second-order valence-corrected chi connectivity index (χ2v) is 7.00. The molecule has 0 radical (unpaired) electrons. The summed E-state index contributed by atoms with van der Waals surface area (Å²) in [5, 5.41) is 2.78. The molecule has 0 aromatic heterocycles. The van der Waals surface area contributed by atoms with Crippen LogP contribution in [0.1, 0.15) is 30.9 Å². The first-order valence-electron chi connectivity index (χ1n) is 8.34. The fourth-order valence-electron chi connectivity index (χ4n) is 2.18. The summed E-state index contributed by atoms with van der Waals surface area (Å²) in [7, 11) is 0. The molecule has 134 valence electrons. The zero-order chi connectivity index (χ0) is 18.2. The van der Waals surface area contributed by atoms with Crippen molar-refractivity contribution in [3.05, 3.63) is 58.1 Å². The Labute approximate surface area is 157 Å². The van der Waals surface area contributed by atoms with Crippen molar-refractivity contribution in [2.75, 3.05) is 19.8 Å². The molecule has 0 spiro atoms. The molecule has 0 saturated carbocycles. The van der Waals surface area contributed by atoms with Crippen LogP contribution in [0.25, 0.3) is 0 Å². The molecule has 4 nitrogen and oxygen atoms in total. The SMILES string of the molecule is Cc1ccc(OCCNC(=O)COc2ccc(C(C)C)cc2Br)cc1. The predicted octanol–water partition coefficient (Wildman–Crippen LogP) is 4.45. The van der Waals surface area contributed by atoms with Gasteiger partial charge in [-0.25, -0.2) is 0 Å². The predicted molar refractivity (Wildman–Crippen MR) is 103 cm³/mol. The molecule has 1 amide bonds. The number of hydrogen-bond donors (Lipinski definition) is 1. The lowest BCUT2D eigenvalue weighted by Gasteiger charge is -2.12. The molecule has 0 aliphatic carbocycles. The molecule has 0 heterocycles. The summed E-state index contributed by atoms with van der Waals surface area (Å²) in [5.41, 5.74) is 2.40. The molecule has 2 aromatic rings. The van der Waals surface area contributed by atoms with Crippen LogP contribution in [0.2, 0.25) is 0 Å². The van der Waals surface area contributed by atoms with E-state index in [9.17, 15) is 4.79 Å². The fraction of sp³-hybridized carbons (Fsp3) is 0.350. The first-order chi connectivity index (χ1) is 12.0. The summed E-state index contributed by atoms with van der Waals surface area (Å²) in [6.45, 7) is 7.12. The summed E-state index contributed by atoms with van der Waals surface area (Å²) >= 11 is 3.48. The highest BCUT2D eigenvalue weighted by Crippen LogP contribution is 2.28. The maximum absolute atomic E-state index is 11.9. The first-order valence-corrected chi connectivity index (χ1v) is 9.13. The molecule has 0 aliphatic rings. The van der Waals surface area contributed by atoms with E-state index in [2.05, 4.69) is 35.1 Å².